The second-order valence-corrected chi connectivity index (χ2v) is 5.53. The van der Waals surface area contributed by atoms with Crippen LogP contribution >= 0.6 is 11.3 Å². The smallest absolute Gasteiger partial charge is 0.322 e. The van der Waals surface area contributed by atoms with Crippen molar-refractivity contribution in [2.45, 2.75) is 12.5 Å². The highest BCUT2D eigenvalue weighted by Gasteiger charge is 2.21. The number of H-pyrrole nitrogens is 1. The largest absolute Gasteiger partial charge is 0.377 e. The van der Waals surface area contributed by atoms with Gasteiger partial charge in [-0.15, -0.1) is 0 Å². The molecule has 2 heterocycles. The van der Waals surface area contributed by atoms with Gasteiger partial charge in [0.15, 0.2) is 0 Å². The third-order valence-corrected chi connectivity index (χ3v) is 3.99. The summed E-state index contributed by atoms with van der Waals surface area (Å²) in [5, 5.41) is 20.8. The summed E-state index contributed by atoms with van der Waals surface area (Å²) >= 11 is 0.913. The van der Waals surface area contributed by atoms with Gasteiger partial charge in [-0.05, 0) is 18.6 Å². The summed E-state index contributed by atoms with van der Waals surface area (Å²) in [6.07, 6.45) is 1.07. The van der Waals surface area contributed by atoms with E-state index in [2.05, 4.69) is 15.5 Å². The van der Waals surface area contributed by atoms with E-state index in [1.54, 1.807) is 12.1 Å². The lowest BCUT2D eigenvalue weighted by atomic mass is 10.1. The van der Waals surface area contributed by atoms with Crippen LogP contribution < -0.4 is 10.2 Å². The zero-order valence-corrected chi connectivity index (χ0v) is 11.7. The van der Waals surface area contributed by atoms with Gasteiger partial charge in [0.1, 0.15) is 10.7 Å². The fraction of sp³-hybridized carbons (Fsp3) is 0.333. The van der Waals surface area contributed by atoms with Crippen LogP contribution in [0.5, 0.6) is 0 Å². The lowest BCUT2D eigenvalue weighted by Gasteiger charge is -2.26. The van der Waals surface area contributed by atoms with Crippen molar-refractivity contribution in [3.05, 3.63) is 38.0 Å². The third-order valence-electron chi connectivity index (χ3n) is 3.19. The second-order valence-electron chi connectivity index (χ2n) is 4.57. The van der Waals surface area contributed by atoms with Crippen molar-refractivity contribution >= 4 is 22.7 Å². The predicted octanol–water partition coefficient (Wildman–Crippen LogP) is 1.61. The number of nitrogens with zero attached hydrogens (tertiary/aromatic N) is 2. The van der Waals surface area contributed by atoms with E-state index in [1.165, 1.54) is 6.07 Å². The van der Waals surface area contributed by atoms with Crippen molar-refractivity contribution in [1.29, 1.82) is 0 Å². The number of rotatable bonds is 5. The number of benzene rings is 1. The quantitative estimate of drug-likeness (QED) is 0.641. The van der Waals surface area contributed by atoms with Crippen LogP contribution in [-0.4, -0.2) is 34.4 Å². The molecule has 0 spiro atoms. The molecule has 2 aromatic rings. The standard InChI is InChI=1S/C12H12N4O4S/c17-12-15-14-11(21-12)7-1-2-9(10(5-7)16(18)19)13-6-8-3-4-20-8/h1-2,5,8,13H,3-4,6H2,(H,15,17)/t8-/m0/s1. The molecule has 1 aromatic heterocycles. The van der Waals surface area contributed by atoms with Gasteiger partial charge in [0.25, 0.3) is 5.69 Å². The molecule has 110 valence electrons. The highest BCUT2D eigenvalue weighted by Crippen LogP contribution is 2.30. The molecule has 0 amide bonds. The molecule has 9 heteroatoms. The van der Waals surface area contributed by atoms with E-state index in [9.17, 15) is 14.9 Å². The second kappa shape index (κ2) is 5.62. The number of ether oxygens (including phenoxy) is 1. The summed E-state index contributed by atoms with van der Waals surface area (Å²) in [6, 6.07) is 4.73. The topological polar surface area (TPSA) is 110 Å². The first-order valence-corrected chi connectivity index (χ1v) is 7.15. The Bertz CT molecular complexity index is 722. The van der Waals surface area contributed by atoms with Crippen molar-refractivity contribution in [1.82, 2.24) is 10.2 Å². The SMILES string of the molecule is O=c1[nH]nc(-c2ccc(NC[C@@H]3CCO3)c([N+](=O)[O-])c2)s1. The average molecular weight is 308 g/mol. The zero-order chi connectivity index (χ0) is 14.8. The molecule has 2 N–H and O–H groups in total. The minimum absolute atomic E-state index is 0.0468. The van der Waals surface area contributed by atoms with Gasteiger partial charge < -0.3 is 10.1 Å². The summed E-state index contributed by atoms with van der Waals surface area (Å²) < 4.78 is 5.27. The third kappa shape index (κ3) is 2.93. The average Bonchev–Trinajstić information content (AvgIpc) is 2.83. The van der Waals surface area contributed by atoms with Crippen LogP contribution in [0.25, 0.3) is 10.6 Å². The van der Waals surface area contributed by atoms with Crippen LogP contribution in [0, 0.1) is 10.1 Å². The van der Waals surface area contributed by atoms with Gasteiger partial charge in [-0.25, -0.2) is 5.10 Å². The molecule has 0 aliphatic carbocycles. The van der Waals surface area contributed by atoms with E-state index >= 15 is 0 Å². The van der Waals surface area contributed by atoms with Crippen molar-refractivity contribution in [2.75, 3.05) is 18.5 Å². The Hall–Kier alpha value is -2.26. The summed E-state index contributed by atoms with van der Waals surface area (Å²) in [5.74, 6) is 0. The maximum absolute atomic E-state index is 11.2. The summed E-state index contributed by atoms with van der Waals surface area (Å²) in [6.45, 7) is 1.28. The number of anilines is 1. The fourth-order valence-electron chi connectivity index (χ4n) is 1.99. The molecule has 0 bridgehead atoms. The lowest BCUT2D eigenvalue weighted by Crippen LogP contribution is -2.33. The molecular weight excluding hydrogens is 296 g/mol. The van der Waals surface area contributed by atoms with Crippen molar-refractivity contribution in [2.24, 2.45) is 0 Å². The molecular formula is C12H12N4O4S. The Morgan fingerprint density at radius 3 is 2.95 bits per heavy atom. The van der Waals surface area contributed by atoms with E-state index < -0.39 is 4.92 Å². The van der Waals surface area contributed by atoms with Gasteiger partial charge in [0.05, 0.1) is 11.0 Å². The Morgan fingerprint density at radius 2 is 2.38 bits per heavy atom. The van der Waals surface area contributed by atoms with E-state index in [0.29, 0.717) is 22.8 Å². The van der Waals surface area contributed by atoms with Crippen molar-refractivity contribution < 1.29 is 9.66 Å². The van der Waals surface area contributed by atoms with E-state index in [4.69, 9.17) is 4.74 Å². The van der Waals surface area contributed by atoms with Gasteiger partial charge in [0.2, 0.25) is 0 Å². The minimum atomic E-state index is -0.455. The van der Waals surface area contributed by atoms with Crippen LogP contribution in [-0.2, 0) is 4.74 Å². The molecule has 1 saturated heterocycles. The number of nitro groups is 1. The molecule has 21 heavy (non-hydrogen) atoms. The van der Waals surface area contributed by atoms with Gasteiger partial charge in [-0.3, -0.25) is 14.9 Å². The monoisotopic (exact) mass is 308 g/mol. The molecule has 8 nitrogen and oxygen atoms in total. The van der Waals surface area contributed by atoms with Crippen LogP contribution in [0.1, 0.15) is 6.42 Å². The molecule has 1 aliphatic rings. The predicted molar refractivity (Wildman–Crippen MR) is 77.7 cm³/mol. The maximum atomic E-state index is 11.2. The molecule has 3 rings (SSSR count). The number of nitro benzene ring substituents is 1. The maximum Gasteiger partial charge on any atom is 0.322 e. The summed E-state index contributed by atoms with van der Waals surface area (Å²) in [4.78, 5) is 21.5. The highest BCUT2D eigenvalue weighted by molar-refractivity contribution is 7.12. The van der Waals surface area contributed by atoms with E-state index in [0.717, 1.165) is 24.4 Å². The van der Waals surface area contributed by atoms with Crippen LogP contribution in [0.2, 0.25) is 0 Å². The molecule has 0 radical (unpaired) electrons. The van der Waals surface area contributed by atoms with Crippen molar-refractivity contribution in [3.8, 4) is 10.6 Å². The van der Waals surface area contributed by atoms with Crippen molar-refractivity contribution in [3.63, 3.8) is 0 Å². The van der Waals surface area contributed by atoms with Crippen LogP contribution in [0.3, 0.4) is 0 Å². The minimum Gasteiger partial charge on any atom is -0.377 e. The number of aromatic nitrogens is 2. The number of hydrogen-bond acceptors (Lipinski definition) is 7. The Morgan fingerprint density at radius 1 is 1.57 bits per heavy atom. The molecule has 1 fully saturated rings. The Labute approximate surface area is 122 Å². The van der Waals surface area contributed by atoms with Gasteiger partial charge >= 0.3 is 4.87 Å². The molecule has 0 unspecified atom stereocenters. The molecule has 1 aromatic carbocycles. The lowest BCUT2D eigenvalue weighted by molar-refractivity contribution is -0.383. The highest BCUT2D eigenvalue weighted by atomic mass is 32.1. The first-order chi connectivity index (χ1) is 10.1. The number of nitrogens with one attached hydrogen (secondary N) is 2. The van der Waals surface area contributed by atoms with Crippen LogP contribution in [0.15, 0.2) is 23.0 Å². The Balaban J connectivity index is 1.86. The fourth-order valence-corrected chi connectivity index (χ4v) is 2.59. The summed E-state index contributed by atoms with van der Waals surface area (Å²) in [5.41, 5.74) is 0.923. The first-order valence-electron chi connectivity index (χ1n) is 6.33. The van der Waals surface area contributed by atoms with E-state index in [1.807, 2.05) is 0 Å². The first kappa shape index (κ1) is 13.7. The zero-order valence-electron chi connectivity index (χ0n) is 10.9. The Kier molecular flexibility index (Phi) is 3.67. The molecule has 1 atom stereocenters. The van der Waals surface area contributed by atoms with E-state index in [-0.39, 0.29) is 16.7 Å². The van der Waals surface area contributed by atoms with Gasteiger partial charge in [-0.1, -0.05) is 11.3 Å². The van der Waals surface area contributed by atoms with Gasteiger partial charge in [0, 0.05) is 24.8 Å². The molecule has 0 saturated carbocycles. The molecule has 1 aliphatic heterocycles. The summed E-state index contributed by atoms with van der Waals surface area (Å²) in [7, 11) is 0. The normalized spacial score (nSPS) is 17.2. The van der Waals surface area contributed by atoms with Gasteiger partial charge in [-0.2, -0.15) is 5.10 Å². The number of hydrogen-bond donors (Lipinski definition) is 2. The van der Waals surface area contributed by atoms with Crippen LogP contribution in [0.4, 0.5) is 11.4 Å². The number of aromatic amines is 1.